The highest BCUT2D eigenvalue weighted by Crippen LogP contribution is 2.23. The van der Waals surface area contributed by atoms with E-state index >= 15 is 0 Å². The lowest BCUT2D eigenvalue weighted by atomic mass is 10.1. The molecule has 3 heteroatoms. The van der Waals surface area contributed by atoms with E-state index < -0.39 is 0 Å². The summed E-state index contributed by atoms with van der Waals surface area (Å²) in [6.07, 6.45) is 1.70. The average Bonchev–Trinajstić information content (AvgIpc) is 2.30. The summed E-state index contributed by atoms with van der Waals surface area (Å²) in [5, 5.41) is 9.53. The number of nitrogens with zero attached hydrogens (tertiary/aromatic N) is 2. The number of halogens is 1. The SMILES string of the molecule is N#Cc1cc(Cl)ccc1-c1ccccn1. The Balaban J connectivity index is 2.60. The predicted molar refractivity (Wildman–Crippen MR) is 59.4 cm³/mol. The molecule has 2 nitrogen and oxygen atoms in total. The highest BCUT2D eigenvalue weighted by molar-refractivity contribution is 6.30. The van der Waals surface area contributed by atoms with Crippen molar-refractivity contribution in [2.75, 3.05) is 0 Å². The lowest BCUT2D eigenvalue weighted by molar-refractivity contribution is 1.32. The van der Waals surface area contributed by atoms with E-state index in [2.05, 4.69) is 11.1 Å². The van der Waals surface area contributed by atoms with Crippen molar-refractivity contribution in [3.05, 3.63) is 53.2 Å². The summed E-state index contributed by atoms with van der Waals surface area (Å²) in [5.74, 6) is 0. The third kappa shape index (κ3) is 1.98. The summed E-state index contributed by atoms with van der Waals surface area (Å²) in [5.41, 5.74) is 2.13. The molecule has 0 aliphatic rings. The first kappa shape index (κ1) is 9.70. The van der Waals surface area contributed by atoms with E-state index in [1.54, 1.807) is 18.3 Å². The molecule has 0 fully saturated rings. The van der Waals surface area contributed by atoms with Crippen LogP contribution in [0.15, 0.2) is 42.6 Å². The van der Waals surface area contributed by atoms with E-state index in [4.69, 9.17) is 16.9 Å². The van der Waals surface area contributed by atoms with Gasteiger partial charge in [-0.2, -0.15) is 5.26 Å². The number of hydrogen-bond donors (Lipinski definition) is 0. The second-order valence-electron chi connectivity index (χ2n) is 3.02. The fraction of sp³-hybridized carbons (Fsp3) is 0. The maximum atomic E-state index is 8.97. The molecule has 0 saturated carbocycles. The average molecular weight is 215 g/mol. The van der Waals surface area contributed by atoms with Gasteiger partial charge < -0.3 is 0 Å². The molecule has 0 aliphatic heterocycles. The van der Waals surface area contributed by atoms with Gasteiger partial charge in [0.25, 0.3) is 0 Å². The number of benzene rings is 1. The third-order valence-corrected chi connectivity index (χ3v) is 2.28. The second-order valence-corrected chi connectivity index (χ2v) is 3.45. The number of pyridine rings is 1. The lowest BCUT2D eigenvalue weighted by Gasteiger charge is -2.02. The molecule has 0 N–H and O–H groups in total. The first-order valence-electron chi connectivity index (χ1n) is 4.42. The van der Waals surface area contributed by atoms with Crippen molar-refractivity contribution in [2.45, 2.75) is 0 Å². The van der Waals surface area contributed by atoms with Crippen LogP contribution in [0.5, 0.6) is 0 Å². The van der Waals surface area contributed by atoms with Crippen LogP contribution in [0, 0.1) is 11.3 Å². The molecule has 0 bridgehead atoms. The summed E-state index contributed by atoms with van der Waals surface area (Å²) < 4.78 is 0. The number of nitriles is 1. The van der Waals surface area contributed by atoms with Gasteiger partial charge in [0.15, 0.2) is 0 Å². The van der Waals surface area contributed by atoms with E-state index in [0.29, 0.717) is 10.6 Å². The van der Waals surface area contributed by atoms with Crippen LogP contribution in [-0.4, -0.2) is 4.98 Å². The van der Waals surface area contributed by atoms with Gasteiger partial charge in [0.2, 0.25) is 0 Å². The maximum absolute atomic E-state index is 8.97. The van der Waals surface area contributed by atoms with Gasteiger partial charge in [-0.3, -0.25) is 4.98 Å². The molecular weight excluding hydrogens is 208 g/mol. The van der Waals surface area contributed by atoms with E-state index in [0.717, 1.165) is 11.3 Å². The normalized spacial score (nSPS) is 9.60. The highest BCUT2D eigenvalue weighted by atomic mass is 35.5. The largest absolute Gasteiger partial charge is 0.256 e. The lowest BCUT2D eigenvalue weighted by Crippen LogP contribution is -1.86. The standard InChI is InChI=1S/C12H7ClN2/c13-10-4-5-11(9(7-10)8-14)12-3-1-2-6-15-12/h1-7H. The zero-order valence-electron chi connectivity index (χ0n) is 7.81. The van der Waals surface area contributed by atoms with Gasteiger partial charge in [-0.15, -0.1) is 0 Å². The zero-order valence-corrected chi connectivity index (χ0v) is 8.57. The molecule has 2 aromatic rings. The van der Waals surface area contributed by atoms with Crippen LogP contribution in [0.4, 0.5) is 0 Å². The Hall–Kier alpha value is -1.85. The number of rotatable bonds is 1. The van der Waals surface area contributed by atoms with E-state index in [1.807, 2.05) is 24.3 Å². The minimum absolute atomic E-state index is 0.543. The summed E-state index contributed by atoms with van der Waals surface area (Å²) >= 11 is 5.81. The third-order valence-electron chi connectivity index (χ3n) is 2.04. The smallest absolute Gasteiger partial charge is 0.0999 e. The van der Waals surface area contributed by atoms with Gasteiger partial charge in [-0.05, 0) is 30.3 Å². The molecular formula is C12H7ClN2. The Morgan fingerprint density at radius 1 is 1.20 bits per heavy atom. The molecule has 0 radical (unpaired) electrons. The molecule has 0 saturated heterocycles. The van der Waals surface area contributed by atoms with Crippen LogP contribution in [0.1, 0.15) is 5.56 Å². The van der Waals surface area contributed by atoms with Crippen LogP contribution >= 0.6 is 11.6 Å². The molecule has 0 aliphatic carbocycles. The van der Waals surface area contributed by atoms with Crippen molar-refractivity contribution >= 4 is 11.6 Å². The van der Waals surface area contributed by atoms with Crippen molar-refractivity contribution < 1.29 is 0 Å². The molecule has 0 unspecified atom stereocenters. The summed E-state index contributed by atoms with van der Waals surface area (Å²) in [6, 6.07) is 12.9. The quantitative estimate of drug-likeness (QED) is 0.731. The highest BCUT2D eigenvalue weighted by Gasteiger charge is 2.05. The second kappa shape index (κ2) is 4.12. The minimum Gasteiger partial charge on any atom is -0.256 e. The molecule has 1 aromatic carbocycles. The van der Waals surface area contributed by atoms with Crippen LogP contribution in [0.3, 0.4) is 0 Å². The fourth-order valence-corrected chi connectivity index (χ4v) is 1.53. The number of aromatic nitrogens is 1. The van der Waals surface area contributed by atoms with Crippen LogP contribution < -0.4 is 0 Å². The maximum Gasteiger partial charge on any atom is 0.0999 e. The molecule has 15 heavy (non-hydrogen) atoms. The zero-order chi connectivity index (χ0) is 10.7. The van der Waals surface area contributed by atoms with Gasteiger partial charge in [0.05, 0.1) is 17.3 Å². The molecule has 2 rings (SSSR count). The summed E-state index contributed by atoms with van der Waals surface area (Å²) in [7, 11) is 0. The van der Waals surface area contributed by atoms with E-state index in [-0.39, 0.29) is 0 Å². The van der Waals surface area contributed by atoms with E-state index in [1.165, 1.54) is 0 Å². The van der Waals surface area contributed by atoms with Crippen LogP contribution in [-0.2, 0) is 0 Å². The van der Waals surface area contributed by atoms with Crippen LogP contribution in [0.25, 0.3) is 11.3 Å². The van der Waals surface area contributed by atoms with Gasteiger partial charge in [-0.25, -0.2) is 0 Å². The van der Waals surface area contributed by atoms with Crippen molar-refractivity contribution in [2.24, 2.45) is 0 Å². The van der Waals surface area contributed by atoms with Crippen molar-refractivity contribution in [1.82, 2.24) is 4.98 Å². The predicted octanol–water partition coefficient (Wildman–Crippen LogP) is 3.27. The van der Waals surface area contributed by atoms with Gasteiger partial charge in [0, 0.05) is 16.8 Å². The molecule has 0 amide bonds. The van der Waals surface area contributed by atoms with Crippen molar-refractivity contribution in [3.8, 4) is 17.3 Å². The Bertz CT molecular complexity index is 515. The minimum atomic E-state index is 0.543. The Morgan fingerprint density at radius 3 is 2.73 bits per heavy atom. The van der Waals surface area contributed by atoms with Crippen molar-refractivity contribution in [3.63, 3.8) is 0 Å². The summed E-state index contributed by atoms with van der Waals surface area (Å²) in [6.45, 7) is 0. The fourth-order valence-electron chi connectivity index (χ4n) is 1.35. The Morgan fingerprint density at radius 2 is 2.07 bits per heavy atom. The Labute approximate surface area is 92.8 Å². The van der Waals surface area contributed by atoms with Crippen LogP contribution in [0.2, 0.25) is 5.02 Å². The van der Waals surface area contributed by atoms with Gasteiger partial charge in [0.1, 0.15) is 0 Å². The first-order chi connectivity index (χ1) is 7.31. The molecule has 1 heterocycles. The monoisotopic (exact) mass is 214 g/mol. The molecule has 1 aromatic heterocycles. The number of hydrogen-bond acceptors (Lipinski definition) is 2. The van der Waals surface area contributed by atoms with E-state index in [9.17, 15) is 0 Å². The van der Waals surface area contributed by atoms with Crippen molar-refractivity contribution in [1.29, 1.82) is 5.26 Å². The first-order valence-corrected chi connectivity index (χ1v) is 4.80. The Kier molecular flexibility index (Phi) is 2.66. The molecule has 0 atom stereocenters. The molecule has 0 spiro atoms. The summed E-state index contributed by atoms with van der Waals surface area (Å²) in [4.78, 5) is 4.19. The van der Waals surface area contributed by atoms with Gasteiger partial charge in [-0.1, -0.05) is 17.7 Å². The topological polar surface area (TPSA) is 36.7 Å². The van der Waals surface area contributed by atoms with Gasteiger partial charge >= 0.3 is 0 Å². The molecule has 72 valence electrons.